The van der Waals surface area contributed by atoms with Gasteiger partial charge in [0.1, 0.15) is 0 Å². The van der Waals surface area contributed by atoms with E-state index in [1.807, 2.05) is 41.1 Å². The molecule has 1 unspecified atom stereocenters. The Morgan fingerprint density at radius 1 is 1.21 bits per heavy atom. The van der Waals surface area contributed by atoms with Gasteiger partial charge >= 0.3 is 5.97 Å². The van der Waals surface area contributed by atoms with Gasteiger partial charge < -0.3 is 10.8 Å². The molecule has 0 saturated heterocycles. The van der Waals surface area contributed by atoms with Crippen molar-refractivity contribution in [2.24, 2.45) is 0 Å². The van der Waals surface area contributed by atoms with Crippen LogP contribution in [0.5, 0.6) is 0 Å². The number of benzene rings is 2. The monoisotopic (exact) mass is 386 g/mol. The number of nitrogens with two attached hydrogens (primary N) is 1. The van der Waals surface area contributed by atoms with E-state index in [0.29, 0.717) is 17.8 Å². The lowest BCUT2D eigenvalue weighted by Crippen LogP contribution is -2.16. The molecule has 0 saturated carbocycles. The van der Waals surface area contributed by atoms with E-state index in [1.54, 1.807) is 12.1 Å². The first-order valence-corrected chi connectivity index (χ1v) is 9.71. The Hall–Kier alpha value is -3.59. The second-order valence-electron chi connectivity index (χ2n) is 7.48. The van der Waals surface area contributed by atoms with Crippen LogP contribution in [0.25, 0.3) is 11.3 Å². The lowest BCUT2D eigenvalue weighted by atomic mass is 9.82. The molecule has 1 aliphatic rings. The largest absolute Gasteiger partial charge is 0.481 e. The Balaban J connectivity index is 1.78. The molecule has 3 aromatic rings. The van der Waals surface area contributed by atoms with Crippen molar-refractivity contribution in [1.29, 1.82) is 5.26 Å². The van der Waals surface area contributed by atoms with Crippen LogP contribution in [0.3, 0.4) is 0 Å². The molecule has 6 heteroatoms. The van der Waals surface area contributed by atoms with Crippen molar-refractivity contribution < 1.29 is 9.90 Å². The predicted molar refractivity (Wildman–Crippen MR) is 110 cm³/mol. The molecule has 1 aliphatic carbocycles. The van der Waals surface area contributed by atoms with Crippen LogP contribution in [0.2, 0.25) is 0 Å². The van der Waals surface area contributed by atoms with E-state index in [1.165, 1.54) is 0 Å². The van der Waals surface area contributed by atoms with E-state index in [-0.39, 0.29) is 12.3 Å². The van der Waals surface area contributed by atoms with Crippen molar-refractivity contribution in [3.05, 3.63) is 70.9 Å². The molecule has 0 radical (unpaired) electrons. The maximum atomic E-state index is 11.5. The third-order valence-electron chi connectivity index (χ3n) is 5.49. The van der Waals surface area contributed by atoms with Gasteiger partial charge in [-0.25, -0.2) is 0 Å². The van der Waals surface area contributed by atoms with Crippen molar-refractivity contribution in [3.8, 4) is 17.3 Å². The number of nitriles is 1. The maximum Gasteiger partial charge on any atom is 0.303 e. The van der Waals surface area contributed by atoms with E-state index >= 15 is 0 Å². The Labute approximate surface area is 169 Å². The zero-order valence-corrected chi connectivity index (χ0v) is 16.0. The summed E-state index contributed by atoms with van der Waals surface area (Å²) in [5.41, 5.74) is 12.2. The van der Waals surface area contributed by atoms with Gasteiger partial charge in [0.15, 0.2) is 0 Å². The minimum absolute atomic E-state index is 0.0430. The van der Waals surface area contributed by atoms with Crippen LogP contribution < -0.4 is 5.73 Å². The molecule has 0 bridgehead atoms. The van der Waals surface area contributed by atoms with Crippen LogP contribution in [0.15, 0.2) is 48.5 Å². The number of rotatable bonds is 5. The Bertz CT molecular complexity index is 1080. The third kappa shape index (κ3) is 3.85. The van der Waals surface area contributed by atoms with Crippen molar-refractivity contribution >= 4 is 11.7 Å². The molecule has 2 aromatic carbocycles. The lowest BCUT2D eigenvalue weighted by Gasteiger charge is -2.23. The summed E-state index contributed by atoms with van der Waals surface area (Å²) in [6.07, 6.45) is 2.79. The quantitative estimate of drug-likeness (QED) is 0.646. The molecule has 4 rings (SSSR count). The summed E-state index contributed by atoms with van der Waals surface area (Å²) >= 11 is 0. The first-order chi connectivity index (χ1) is 14.0. The molecular formula is C23H22N4O2. The highest BCUT2D eigenvalue weighted by molar-refractivity contribution is 5.72. The van der Waals surface area contributed by atoms with Crippen LogP contribution in [-0.2, 0) is 17.8 Å². The molecule has 29 heavy (non-hydrogen) atoms. The van der Waals surface area contributed by atoms with Crippen LogP contribution in [0.4, 0.5) is 5.69 Å². The number of nitrogen functional groups attached to an aromatic ring is 1. The topological polar surface area (TPSA) is 105 Å². The van der Waals surface area contributed by atoms with Gasteiger partial charge in [0.25, 0.3) is 0 Å². The second-order valence-corrected chi connectivity index (χ2v) is 7.48. The lowest BCUT2D eigenvalue weighted by molar-refractivity contribution is -0.137. The molecule has 0 fully saturated rings. The number of nitrogens with zero attached hydrogens (tertiary/aromatic N) is 3. The van der Waals surface area contributed by atoms with Gasteiger partial charge in [-0.1, -0.05) is 24.3 Å². The number of aromatic nitrogens is 2. The molecule has 6 nitrogen and oxygen atoms in total. The molecular weight excluding hydrogens is 364 g/mol. The van der Waals surface area contributed by atoms with Crippen LogP contribution in [0, 0.1) is 11.3 Å². The highest BCUT2D eigenvalue weighted by Crippen LogP contribution is 2.40. The molecule has 1 atom stereocenters. The predicted octanol–water partition coefficient (Wildman–Crippen LogP) is 3.95. The first kappa shape index (κ1) is 18.8. The number of aliphatic carboxylic acids is 1. The molecule has 3 N–H and O–H groups in total. The van der Waals surface area contributed by atoms with E-state index in [0.717, 1.165) is 47.3 Å². The van der Waals surface area contributed by atoms with Gasteiger partial charge in [-0.15, -0.1) is 0 Å². The number of anilines is 1. The van der Waals surface area contributed by atoms with E-state index in [4.69, 9.17) is 16.1 Å². The summed E-state index contributed by atoms with van der Waals surface area (Å²) in [4.78, 5) is 11.5. The summed E-state index contributed by atoms with van der Waals surface area (Å²) in [7, 11) is 0. The maximum absolute atomic E-state index is 11.5. The average Bonchev–Trinajstić information content (AvgIpc) is 3.08. The summed E-state index contributed by atoms with van der Waals surface area (Å²) < 4.78 is 2.00. The number of carboxylic acid groups (broad SMARTS) is 1. The normalized spacial score (nSPS) is 15.5. The molecule has 0 spiro atoms. The van der Waals surface area contributed by atoms with Crippen LogP contribution >= 0.6 is 0 Å². The fraction of sp³-hybridized carbons (Fsp3) is 0.261. The minimum atomic E-state index is -0.786. The summed E-state index contributed by atoms with van der Waals surface area (Å²) in [6, 6.07) is 17.2. The van der Waals surface area contributed by atoms with Gasteiger partial charge in [0.2, 0.25) is 0 Å². The third-order valence-corrected chi connectivity index (χ3v) is 5.49. The number of carbonyl (C=O) groups is 1. The van der Waals surface area contributed by atoms with Gasteiger partial charge in [-0.2, -0.15) is 10.4 Å². The average molecular weight is 386 g/mol. The SMILES string of the molecule is N#Cc1ccc(Cn2nc(-c3ccc(N)cc3)c3c2CCCC3CC(=O)O)cc1. The van der Waals surface area contributed by atoms with Gasteiger partial charge in [0, 0.05) is 22.5 Å². The number of fused-ring (bicyclic) bond motifs is 1. The standard InChI is InChI=1S/C23H22N4O2/c24-13-15-4-6-16(7-5-15)14-27-20-3-1-2-18(12-21(28)29)22(20)23(26-27)17-8-10-19(25)11-9-17/h4-11,18H,1-3,12,14,25H2,(H,28,29). The molecule has 0 amide bonds. The van der Waals surface area contributed by atoms with Crippen molar-refractivity contribution in [1.82, 2.24) is 9.78 Å². The smallest absolute Gasteiger partial charge is 0.303 e. The Morgan fingerprint density at radius 3 is 2.59 bits per heavy atom. The molecule has 0 aliphatic heterocycles. The van der Waals surface area contributed by atoms with Crippen molar-refractivity contribution in [3.63, 3.8) is 0 Å². The highest BCUT2D eigenvalue weighted by Gasteiger charge is 2.30. The summed E-state index contributed by atoms with van der Waals surface area (Å²) in [5, 5.41) is 23.3. The van der Waals surface area contributed by atoms with E-state index < -0.39 is 5.97 Å². The minimum Gasteiger partial charge on any atom is -0.481 e. The zero-order chi connectivity index (χ0) is 20.4. The number of carboxylic acids is 1. The Kier molecular flexibility index (Phi) is 5.05. The summed E-state index contributed by atoms with van der Waals surface area (Å²) in [5.74, 6) is -0.829. The highest BCUT2D eigenvalue weighted by atomic mass is 16.4. The van der Waals surface area contributed by atoms with E-state index in [2.05, 4.69) is 6.07 Å². The number of hydrogen-bond acceptors (Lipinski definition) is 4. The van der Waals surface area contributed by atoms with Crippen LogP contribution in [0.1, 0.15) is 47.6 Å². The van der Waals surface area contributed by atoms with Gasteiger partial charge in [-0.05, 0) is 55.0 Å². The first-order valence-electron chi connectivity index (χ1n) is 9.71. The van der Waals surface area contributed by atoms with E-state index in [9.17, 15) is 9.90 Å². The van der Waals surface area contributed by atoms with Gasteiger partial charge in [0.05, 0.1) is 30.3 Å². The second kappa shape index (κ2) is 7.80. The zero-order valence-electron chi connectivity index (χ0n) is 16.0. The van der Waals surface area contributed by atoms with Crippen molar-refractivity contribution in [2.75, 3.05) is 5.73 Å². The molecule has 1 aromatic heterocycles. The molecule has 146 valence electrons. The fourth-order valence-corrected chi connectivity index (χ4v) is 4.12. The summed E-state index contributed by atoms with van der Waals surface area (Å²) in [6.45, 7) is 0.586. The Morgan fingerprint density at radius 2 is 1.93 bits per heavy atom. The van der Waals surface area contributed by atoms with Crippen LogP contribution in [-0.4, -0.2) is 20.9 Å². The molecule has 1 heterocycles. The fourth-order valence-electron chi connectivity index (χ4n) is 4.12. The number of hydrogen-bond donors (Lipinski definition) is 2. The van der Waals surface area contributed by atoms with Gasteiger partial charge in [-0.3, -0.25) is 9.48 Å². The van der Waals surface area contributed by atoms with Crippen molar-refractivity contribution in [2.45, 2.75) is 38.1 Å².